The van der Waals surface area contributed by atoms with Crippen LogP contribution in [0.5, 0.6) is 0 Å². The molecule has 2 aromatic rings. The van der Waals surface area contributed by atoms with E-state index in [9.17, 15) is 18.4 Å². The Balaban J connectivity index is 1.55. The van der Waals surface area contributed by atoms with Crippen LogP contribution in [0.3, 0.4) is 0 Å². The van der Waals surface area contributed by atoms with Gasteiger partial charge < -0.3 is 0 Å². The van der Waals surface area contributed by atoms with Gasteiger partial charge >= 0.3 is 0 Å². The largest absolute Gasteiger partial charge is 0.295 e. The molecule has 0 bridgehead atoms. The molecule has 1 fully saturated rings. The molecule has 5 rings (SSSR count). The molecule has 1 heterocycles. The van der Waals surface area contributed by atoms with Crippen LogP contribution in [0.2, 0.25) is 0 Å². The highest BCUT2D eigenvalue weighted by atomic mass is 19.3. The van der Waals surface area contributed by atoms with Gasteiger partial charge in [0.2, 0.25) is 0 Å². The fourth-order valence-corrected chi connectivity index (χ4v) is 5.37. The number of nitrogens with zero attached hydrogens (tertiary/aromatic N) is 1. The quantitative estimate of drug-likeness (QED) is 0.663. The fraction of sp³-hybridized carbons (Fsp3) is 0.440. The summed E-state index contributed by atoms with van der Waals surface area (Å²) in [6.07, 6.45) is 3.93. The standard InChI is InChI=1S/C25H25F2NO2/c1-15(29)18-5-6-19-16(10-11-28-13-25(26,27)14-28)2-3-17-4-7-20-21(8-9-23(20)30)24(17)22(19)12-18/h4-7,12,16H,2-3,8-11,13-14H2,1H3. The van der Waals surface area contributed by atoms with Gasteiger partial charge in [-0.2, -0.15) is 0 Å². The second kappa shape index (κ2) is 7.09. The van der Waals surface area contributed by atoms with Crippen molar-refractivity contribution in [2.75, 3.05) is 19.6 Å². The van der Waals surface area contributed by atoms with Gasteiger partial charge in [0.1, 0.15) is 0 Å². The minimum Gasteiger partial charge on any atom is -0.295 e. The molecule has 2 aromatic carbocycles. The zero-order valence-electron chi connectivity index (χ0n) is 17.1. The van der Waals surface area contributed by atoms with Crippen LogP contribution in [0.1, 0.15) is 69.5 Å². The van der Waals surface area contributed by atoms with Gasteiger partial charge in [0, 0.05) is 17.5 Å². The molecule has 0 N–H and O–H groups in total. The predicted molar refractivity (Wildman–Crippen MR) is 112 cm³/mol. The average Bonchev–Trinajstić information content (AvgIpc) is 2.98. The van der Waals surface area contributed by atoms with Crippen LogP contribution in [-0.4, -0.2) is 42.0 Å². The number of halogens is 2. The number of Topliss-reactive ketones (excluding diaryl/α,β-unsaturated/α-hetero) is 2. The summed E-state index contributed by atoms with van der Waals surface area (Å²) in [5.41, 5.74) is 7.19. The topological polar surface area (TPSA) is 37.4 Å². The Morgan fingerprint density at radius 3 is 2.63 bits per heavy atom. The van der Waals surface area contributed by atoms with Crippen molar-refractivity contribution in [1.82, 2.24) is 4.90 Å². The number of carbonyl (C=O) groups is 2. The number of fused-ring (bicyclic) bond motifs is 5. The number of aryl methyl sites for hydroxylation is 1. The second-order valence-electron chi connectivity index (χ2n) is 9.00. The van der Waals surface area contributed by atoms with Crippen LogP contribution in [0, 0.1) is 0 Å². The summed E-state index contributed by atoms with van der Waals surface area (Å²) in [5, 5.41) is 0. The highest BCUT2D eigenvalue weighted by Gasteiger charge is 2.43. The maximum atomic E-state index is 13.2. The minimum absolute atomic E-state index is 0.0200. The van der Waals surface area contributed by atoms with E-state index in [-0.39, 0.29) is 30.6 Å². The van der Waals surface area contributed by atoms with E-state index < -0.39 is 5.92 Å². The summed E-state index contributed by atoms with van der Waals surface area (Å²) in [6.45, 7) is 1.93. The number of benzene rings is 2. The van der Waals surface area contributed by atoms with Gasteiger partial charge in [-0.3, -0.25) is 14.5 Å². The van der Waals surface area contributed by atoms with Gasteiger partial charge in [-0.1, -0.05) is 24.3 Å². The molecule has 1 unspecified atom stereocenters. The number of ketones is 2. The maximum absolute atomic E-state index is 13.2. The van der Waals surface area contributed by atoms with Gasteiger partial charge in [-0.15, -0.1) is 0 Å². The van der Waals surface area contributed by atoms with Crippen molar-refractivity contribution in [2.24, 2.45) is 0 Å². The van der Waals surface area contributed by atoms with E-state index in [1.165, 1.54) is 11.1 Å². The molecule has 3 nitrogen and oxygen atoms in total. The number of hydrogen-bond donors (Lipinski definition) is 0. The van der Waals surface area contributed by atoms with E-state index in [2.05, 4.69) is 6.07 Å². The van der Waals surface area contributed by atoms with E-state index in [4.69, 9.17) is 0 Å². The van der Waals surface area contributed by atoms with Gasteiger partial charge in [0.05, 0.1) is 13.1 Å². The number of hydrogen-bond acceptors (Lipinski definition) is 3. The van der Waals surface area contributed by atoms with Crippen LogP contribution in [0.15, 0.2) is 30.3 Å². The Bertz CT molecular complexity index is 1050. The molecule has 5 heteroatoms. The molecule has 0 saturated carbocycles. The zero-order chi connectivity index (χ0) is 21.0. The molecule has 1 aliphatic heterocycles. The molecule has 3 aliphatic rings. The Kier molecular flexibility index (Phi) is 4.62. The first-order chi connectivity index (χ1) is 14.3. The van der Waals surface area contributed by atoms with Crippen molar-refractivity contribution in [2.45, 2.75) is 50.9 Å². The van der Waals surface area contributed by atoms with E-state index >= 15 is 0 Å². The summed E-state index contributed by atoms with van der Waals surface area (Å²) in [5.74, 6) is -2.08. The molecular weight excluding hydrogens is 384 g/mol. The lowest BCUT2D eigenvalue weighted by molar-refractivity contribution is -0.130. The molecule has 0 amide bonds. The summed E-state index contributed by atoms with van der Waals surface area (Å²) < 4.78 is 26.4. The Morgan fingerprint density at radius 1 is 1.10 bits per heavy atom. The molecule has 30 heavy (non-hydrogen) atoms. The summed E-state index contributed by atoms with van der Waals surface area (Å²) in [4.78, 5) is 26.2. The van der Waals surface area contributed by atoms with Crippen molar-refractivity contribution < 1.29 is 18.4 Å². The van der Waals surface area contributed by atoms with Crippen LogP contribution in [0.4, 0.5) is 8.78 Å². The van der Waals surface area contributed by atoms with Crippen molar-refractivity contribution >= 4 is 11.6 Å². The molecule has 1 atom stereocenters. The summed E-state index contributed by atoms with van der Waals surface area (Å²) >= 11 is 0. The van der Waals surface area contributed by atoms with E-state index in [1.807, 2.05) is 29.2 Å². The number of rotatable bonds is 4. The van der Waals surface area contributed by atoms with E-state index in [1.54, 1.807) is 6.92 Å². The van der Waals surface area contributed by atoms with Crippen molar-refractivity contribution in [3.05, 3.63) is 58.1 Å². The van der Waals surface area contributed by atoms with E-state index in [0.717, 1.165) is 47.9 Å². The molecule has 2 aliphatic carbocycles. The van der Waals surface area contributed by atoms with E-state index in [0.29, 0.717) is 18.5 Å². The van der Waals surface area contributed by atoms with Gasteiger partial charge in [0.25, 0.3) is 5.92 Å². The first-order valence-corrected chi connectivity index (χ1v) is 10.8. The summed E-state index contributed by atoms with van der Waals surface area (Å²) in [7, 11) is 0. The van der Waals surface area contributed by atoms with Crippen molar-refractivity contribution in [1.29, 1.82) is 0 Å². The number of alkyl halides is 2. The molecule has 0 spiro atoms. The first kappa shape index (κ1) is 19.6. The van der Waals surface area contributed by atoms with Crippen LogP contribution >= 0.6 is 0 Å². The van der Waals surface area contributed by atoms with Crippen LogP contribution < -0.4 is 0 Å². The molecule has 0 aromatic heterocycles. The zero-order valence-corrected chi connectivity index (χ0v) is 17.1. The highest BCUT2D eigenvalue weighted by molar-refractivity contribution is 6.03. The third-order valence-electron chi connectivity index (χ3n) is 6.94. The Hall–Kier alpha value is -2.40. The minimum atomic E-state index is -2.54. The molecule has 156 valence electrons. The lowest BCUT2D eigenvalue weighted by Gasteiger charge is -2.39. The van der Waals surface area contributed by atoms with Crippen molar-refractivity contribution in [3.8, 4) is 11.1 Å². The number of likely N-dealkylation sites (tertiary alicyclic amines) is 1. The Labute approximate surface area is 175 Å². The predicted octanol–water partition coefficient (Wildman–Crippen LogP) is 5.06. The van der Waals surface area contributed by atoms with Gasteiger partial charge in [-0.05, 0) is 79.0 Å². The SMILES string of the molecule is CC(=O)c1ccc2c(c1)-c1c(ccc3c1CCC3=O)CCC2CCN1CC(F)(F)C1. The number of carbonyl (C=O) groups excluding carboxylic acids is 2. The lowest BCUT2D eigenvalue weighted by Crippen LogP contribution is -2.56. The fourth-order valence-electron chi connectivity index (χ4n) is 5.37. The molecule has 1 saturated heterocycles. The lowest BCUT2D eigenvalue weighted by atomic mass is 9.85. The van der Waals surface area contributed by atoms with Crippen LogP contribution in [0.25, 0.3) is 11.1 Å². The normalized spacial score (nSPS) is 22.0. The third-order valence-corrected chi connectivity index (χ3v) is 6.94. The first-order valence-electron chi connectivity index (χ1n) is 10.8. The highest BCUT2D eigenvalue weighted by Crippen LogP contribution is 2.44. The van der Waals surface area contributed by atoms with Gasteiger partial charge in [-0.25, -0.2) is 8.78 Å². The monoisotopic (exact) mass is 409 g/mol. The average molecular weight is 409 g/mol. The summed E-state index contributed by atoms with van der Waals surface area (Å²) in [6, 6.07) is 9.94. The van der Waals surface area contributed by atoms with Crippen molar-refractivity contribution in [3.63, 3.8) is 0 Å². The van der Waals surface area contributed by atoms with Crippen LogP contribution in [-0.2, 0) is 12.8 Å². The smallest absolute Gasteiger partial charge is 0.272 e. The third kappa shape index (κ3) is 3.29. The maximum Gasteiger partial charge on any atom is 0.272 e. The molecular formula is C25H25F2NO2. The Morgan fingerprint density at radius 2 is 1.90 bits per heavy atom. The molecule has 0 radical (unpaired) electrons. The van der Waals surface area contributed by atoms with Gasteiger partial charge in [0.15, 0.2) is 11.6 Å². The second-order valence-corrected chi connectivity index (χ2v) is 9.00.